The van der Waals surface area contributed by atoms with Crippen molar-refractivity contribution in [3.05, 3.63) is 0 Å². The fraction of sp³-hybridized carbons (Fsp3) is 0.917. The summed E-state index contributed by atoms with van der Waals surface area (Å²) in [6, 6.07) is 0. The van der Waals surface area contributed by atoms with Gasteiger partial charge in [0.15, 0.2) is 0 Å². The number of hydrogen-bond donors (Lipinski definition) is 1. The Balaban J connectivity index is 2.23. The molecule has 1 aliphatic heterocycles. The lowest BCUT2D eigenvalue weighted by Crippen LogP contribution is -2.47. The number of carbonyl (C=O) groups is 1. The lowest BCUT2D eigenvalue weighted by atomic mass is 10.2. The second kappa shape index (κ2) is 7.95. The van der Waals surface area contributed by atoms with Crippen LogP contribution < -0.4 is 5.32 Å². The topological polar surface area (TPSA) is 35.6 Å². The molecule has 1 N–H and O–H groups in total. The third-order valence-electron chi connectivity index (χ3n) is 3.18. The molecule has 17 heavy (non-hydrogen) atoms. The summed E-state index contributed by atoms with van der Waals surface area (Å²) >= 11 is 1.74. The molecule has 0 spiro atoms. The number of nitrogens with zero attached hydrogens (tertiary/aromatic N) is 2. The number of piperazine rings is 1. The Kier molecular flexibility index (Phi) is 6.92. The van der Waals surface area contributed by atoms with Crippen molar-refractivity contribution >= 4 is 17.7 Å². The van der Waals surface area contributed by atoms with Gasteiger partial charge in [0.1, 0.15) is 0 Å². The van der Waals surface area contributed by atoms with Crippen molar-refractivity contribution in [2.45, 2.75) is 6.92 Å². The minimum atomic E-state index is 0.137. The molecule has 0 aromatic heterocycles. The molecule has 0 bridgehead atoms. The van der Waals surface area contributed by atoms with Gasteiger partial charge < -0.3 is 10.2 Å². The van der Waals surface area contributed by atoms with Crippen molar-refractivity contribution in [3.8, 4) is 0 Å². The van der Waals surface area contributed by atoms with Gasteiger partial charge in [0.25, 0.3) is 0 Å². The number of rotatable bonds is 6. The van der Waals surface area contributed by atoms with Gasteiger partial charge >= 0.3 is 0 Å². The number of carbonyl (C=O) groups excluding carboxylic acids is 1. The van der Waals surface area contributed by atoms with E-state index in [2.05, 4.69) is 10.2 Å². The van der Waals surface area contributed by atoms with Gasteiger partial charge in [-0.1, -0.05) is 6.92 Å². The number of nitrogens with one attached hydrogen (secondary N) is 1. The molecule has 1 heterocycles. The largest absolute Gasteiger partial charge is 0.344 e. The average Bonchev–Trinajstić information content (AvgIpc) is 2.36. The van der Waals surface area contributed by atoms with Crippen molar-refractivity contribution in [2.75, 3.05) is 58.3 Å². The first-order chi connectivity index (χ1) is 8.15. The summed E-state index contributed by atoms with van der Waals surface area (Å²) < 4.78 is 0. The Morgan fingerprint density at radius 2 is 2.12 bits per heavy atom. The molecular weight excluding hydrogens is 234 g/mol. The molecule has 1 fully saturated rings. The van der Waals surface area contributed by atoms with E-state index in [1.807, 2.05) is 25.1 Å². The number of likely N-dealkylation sites (N-methyl/N-ethyl adjacent to an activating group) is 1. The molecule has 0 radical (unpaired) electrons. The van der Waals surface area contributed by atoms with Crippen LogP contribution in [0.4, 0.5) is 0 Å². The first-order valence-corrected chi connectivity index (χ1v) is 7.71. The van der Waals surface area contributed by atoms with E-state index in [0.717, 1.165) is 45.0 Å². The molecule has 0 aliphatic carbocycles. The molecule has 4 nitrogen and oxygen atoms in total. The second-order valence-corrected chi connectivity index (χ2v) is 5.62. The fourth-order valence-electron chi connectivity index (χ4n) is 2.03. The van der Waals surface area contributed by atoms with Crippen LogP contribution >= 0.6 is 11.8 Å². The smallest absolute Gasteiger partial charge is 0.226 e. The van der Waals surface area contributed by atoms with E-state index in [0.29, 0.717) is 0 Å². The van der Waals surface area contributed by atoms with E-state index in [9.17, 15) is 4.79 Å². The maximum atomic E-state index is 12.0. The number of amides is 1. The van der Waals surface area contributed by atoms with Crippen LogP contribution in [0.2, 0.25) is 0 Å². The highest BCUT2D eigenvalue weighted by Gasteiger charge is 2.17. The van der Waals surface area contributed by atoms with Crippen LogP contribution in [0.1, 0.15) is 6.92 Å². The molecular formula is C12H25N3OS. The normalized spacial score (nSPS) is 19.0. The first kappa shape index (κ1) is 14.8. The molecule has 0 saturated carbocycles. The summed E-state index contributed by atoms with van der Waals surface area (Å²) in [6.07, 6.45) is 2.05. The third-order valence-corrected chi connectivity index (χ3v) is 4.01. The molecule has 1 atom stereocenters. The fourth-order valence-corrected chi connectivity index (χ4v) is 2.68. The molecule has 100 valence electrons. The third kappa shape index (κ3) is 5.27. The lowest BCUT2D eigenvalue weighted by molar-refractivity contribution is -0.133. The van der Waals surface area contributed by atoms with Crippen LogP contribution in [-0.4, -0.2) is 74.0 Å². The minimum Gasteiger partial charge on any atom is -0.344 e. The molecule has 1 aliphatic rings. The summed E-state index contributed by atoms with van der Waals surface area (Å²) in [5.41, 5.74) is 0. The van der Waals surface area contributed by atoms with Crippen LogP contribution in [0.15, 0.2) is 0 Å². The Hall–Kier alpha value is -0.260. The molecule has 1 amide bonds. The van der Waals surface area contributed by atoms with Gasteiger partial charge in [-0.3, -0.25) is 9.69 Å². The van der Waals surface area contributed by atoms with E-state index in [-0.39, 0.29) is 11.8 Å². The van der Waals surface area contributed by atoms with Gasteiger partial charge in [0, 0.05) is 58.0 Å². The Labute approximate surface area is 109 Å². The van der Waals surface area contributed by atoms with Crippen molar-refractivity contribution in [1.82, 2.24) is 15.1 Å². The number of hydrogen-bond acceptors (Lipinski definition) is 4. The van der Waals surface area contributed by atoms with Gasteiger partial charge in [0.05, 0.1) is 0 Å². The van der Waals surface area contributed by atoms with Gasteiger partial charge in [0.2, 0.25) is 5.91 Å². The van der Waals surface area contributed by atoms with Crippen LogP contribution in [0, 0.1) is 5.92 Å². The summed E-state index contributed by atoms with van der Waals surface area (Å²) in [6.45, 7) is 8.19. The molecule has 5 heteroatoms. The Bertz CT molecular complexity index is 232. The highest BCUT2D eigenvalue weighted by atomic mass is 32.2. The van der Waals surface area contributed by atoms with Crippen molar-refractivity contribution in [2.24, 2.45) is 5.92 Å². The Morgan fingerprint density at radius 1 is 1.47 bits per heavy atom. The van der Waals surface area contributed by atoms with Crippen LogP contribution in [-0.2, 0) is 4.79 Å². The highest BCUT2D eigenvalue weighted by Crippen LogP contribution is 2.07. The van der Waals surface area contributed by atoms with Crippen LogP contribution in [0.25, 0.3) is 0 Å². The Morgan fingerprint density at radius 3 is 2.71 bits per heavy atom. The molecule has 1 saturated heterocycles. The summed E-state index contributed by atoms with van der Waals surface area (Å²) in [4.78, 5) is 16.3. The predicted octanol–water partition coefficient (Wildman–Crippen LogP) is 0.349. The van der Waals surface area contributed by atoms with E-state index in [1.165, 1.54) is 0 Å². The quantitative estimate of drug-likeness (QED) is 0.747. The summed E-state index contributed by atoms with van der Waals surface area (Å²) in [7, 11) is 1.92. The maximum Gasteiger partial charge on any atom is 0.226 e. The van der Waals surface area contributed by atoms with Crippen LogP contribution in [0.5, 0.6) is 0 Å². The first-order valence-electron chi connectivity index (χ1n) is 6.32. The second-order valence-electron chi connectivity index (χ2n) is 4.71. The zero-order chi connectivity index (χ0) is 12.7. The monoisotopic (exact) mass is 259 g/mol. The minimum absolute atomic E-state index is 0.137. The van der Waals surface area contributed by atoms with Gasteiger partial charge in [-0.25, -0.2) is 0 Å². The highest BCUT2D eigenvalue weighted by molar-refractivity contribution is 7.98. The molecule has 0 aromatic carbocycles. The average molecular weight is 259 g/mol. The predicted molar refractivity (Wildman–Crippen MR) is 74.5 cm³/mol. The number of thioether (sulfide) groups is 1. The van der Waals surface area contributed by atoms with Gasteiger partial charge in [-0.15, -0.1) is 0 Å². The van der Waals surface area contributed by atoms with Crippen molar-refractivity contribution < 1.29 is 4.79 Å². The van der Waals surface area contributed by atoms with E-state index < -0.39 is 0 Å². The maximum absolute atomic E-state index is 12.0. The molecule has 1 rings (SSSR count). The van der Waals surface area contributed by atoms with Gasteiger partial charge in [-0.2, -0.15) is 11.8 Å². The summed E-state index contributed by atoms with van der Waals surface area (Å²) in [5, 5.41) is 3.34. The molecule has 0 aromatic rings. The standard InChI is InChI=1S/C12H25N3OS/c1-11(10-17-3)12(16)14(2)8-9-15-6-4-13-5-7-15/h11,13H,4-10H2,1-3H3. The van der Waals surface area contributed by atoms with E-state index in [1.54, 1.807) is 11.8 Å². The summed E-state index contributed by atoms with van der Waals surface area (Å²) in [5.74, 6) is 1.32. The zero-order valence-electron chi connectivity index (χ0n) is 11.2. The van der Waals surface area contributed by atoms with Crippen molar-refractivity contribution in [1.29, 1.82) is 0 Å². The zero-order valence-corrected chi connectivity index (χ0v) is 12.1. The van der Waals surface area contributed by atoms with Gasteiger partial charge in [-0.05, 0) is 6.26 Å². The molecule has 1 unspecified atom stereocenters. The van der Waals surface area contributed by atoms with Crippen LogP contribution in [0.3, 0.4) is 0 Å². The van der Waals surface area contributed by atoms with E-state index >= 15 is 0 Å². The van der Waals surface area contributed by atoms with Crippen molar-refractivity contribution in [3.63, 3.8) is 0 Å². The van der Waals surface area contributed by atoms with E-state index in [4.69, 9.17) is 0 Å². The SMILES string of the molecule is CSCC(C)C(=O)N(C)CCN1CCNCC1. The lowest BCUT2D eigenvalue weighted by Gasteiger charge is -2.29.